The predicted molar refractivity (Wildman–Crippen MR) is 185 cm³/mol. The van der Waals surface area contributed by atoms with Crippen LogP contribution in [-0.4, -0.2) is 92.7 Å². The van der Waals surface area contributed by atoms with E-state index in [-0.39, 0.29) is 35.2 Å². The lowest BCUT2D eigenvalue weighted by atomic mass is 9.88. The Morgan fingerprint density at radius 2 is 1.71 bits per heavy atom. The standard InChI is InChI=1S/C35H41Cl2FN8O2/c1-43-15-17-44(18-16-43)26-11-13-45(14-12-26)30(47)20-23-7-9-25(36)21-29(23)46-32(24-8-10-28(38)27(37)19-24)31(34-41-42-35(39)48-34)40-33(46)22-5-3-2-4-6-22/h7-10,19,21-22,26H,2-6,11-18,20H2,1H3,(H2,39,42). The Morgan fingerprint density at radius 3 is 2.40 bits per heavy atom. The highest BCUT2D eigenvalue weighted by molar-refractivity contribution is 6.31. The zero-order chi connectivity index (χ0) is 33.4. The molecule has 3 fully saturated rings. The number of likely N-dealkylation sites (N-methyl/N-ethyl adjacent to an activating group) is 1. The number of amides is 1. The van der Waals surface area contributed by atoms with Crippen molar-refractivity contribution in [2.24, 2.45) is 0 Å². The van der Waals surface area contributed by atoms with Crippen LogP contribution in [0.4, 0.5) is 10.4 Å². The SMILES string of the molecule is CN1CCN(C2CCN(C(=O)Cc3ccc(Cl)cc3-n3c(C4CCCCC4)nc(-c4nnc(N)o4)c3-c3ccc(F)c(Cl)c3)CC2)CC1. The number of nitrogen functional groups attached to an aromatic ring is 1. The van der Waals surface area contributed by atoms with Gasteiger partial charge in [-0.2, -0.15) is 0 Å². The number of hydrogen-bond acceptors (Lipinski definition) is 8. The Bertz CT molecular complexity index is 1770. The monoisotopic (exact) mass is 694 g/mol. The van der Waals surface area contributed by atoms with Gasteiger partial charge in [-0.3, -0.25) is 14.3 Å². The summed E-state index contributed by atoms with van der Waals surface area (Å²) in [7, 11) is 2.17. The normalized spacial score (nSPS) is 18.9. The van der Waals surface area contributed by atoms with E-state index in [0.29, 0.717) is 28.0 Å². The van der Waals surface area contributed by atoms with Crippen LogP contribution >= 0.6 is 23.2 Å². The number of rotatable bonds is 7. The molecule has 2 aromatic carbocycles. The molecule has 3 aliphatic rings. The van der Waals surface area contributed by atoms with Gasteiger partial charge in [-0.15, -0.1) is 5.10 Å². The molecule has 4 aromatic rings. The van der Waals surface area contributed by atoms with E-state index in [9.17, 15) is 9.18 Å². The number of anilines is 1. The second-order valence-corrected chi connectivity index (χ2v) is 14.2. The summed E-state index contributed by atoms with van der Waals surface area (Å²) in [6, 6.07) is 10.6. The summed E-state index contributed by atoms with van der Waals surface area (Å²) in [4.78, 5) is 26.1. The number of nitrogens with zero attached hydrogens (tertiary/aromatic N) is 7. The molecule has 0 spiro atoms. The van der Waals surface area contributed by atoms with E-state index in [4.69, 9.17) is 38.3 Å². The van der Waals surface area contributed by atoms with Crippen LogP contribution in [-0.2, 0) is 11.2 Å². The molecule has 1 aliphatic carbocycles. The lowest BCUT2D eigenvalue weighted by Gasteiger charge is -2.42. The van der Waals surface area contributed by atoms with E-state index in [2.05, 4.69) is 27.0 Å². The number of hydrogen-bond donors (Lipinski definition) is 1. The molecule has 7 rings (SSSR count). The van der Waals surface area contributed by atoms with Gasteiger partial charge in [0.15, 0.2) is 5.69 Å². The first-order chi connectivity index (χ1) is 23.2. The average Bonchev–Trinajstić information content (AvgIpc) is 3.71. The Kier molecular flexibility index (Phi) is 9.73. The second-order valence-electron chi connectivity index (χ2n) is 13.3. The van der Waals surface area contributed by atoms with Gasteiger partial charge in [0.25, 0.3) is 5.89 Å². The van der Waals surface area contributed by atoms with Crippen LogP contribution in [0.1, 0.15) is 62.3 Å². The smallest absolute Gasteiger partial charge is 0.313 e. The summed E-state index contributed by atoms with van der Waals surface area (Å²) in [5.41, 5.74) is 9.00. The van der Waals surface area contributed by atoms with Crippen LogP contribution in [0.2, 0.25) is 10.0 Å². The fraction of sp³-hybridized carbons (Fsp3) is 0.486. The zero-order valence-corrected chi connectivity index (χ0v) is 28.7. The van der Waals surface area contributed by atoms with E-state index in [1.807, 2.05) is 27.7 Å². The van der Waals surface area contributed by atoms with Gasteiger partial charge in [-0.25, -0.2) is 9.37 Å². The number of piperazine rings is 1. The fourth-order valence-electron chi connectivity index (χ4n) is 7.54. The third-order valence-corrected chi connectivity index (χ3v) is 10.7. The Morgan fingerprint density at radius 1 is 0.958 bits per heavy atom. The van der Waals surface area contributed by atoms with Crippen LogP contribution in [0.25, 0.3) is 28.5 Å². The molecule has 0 radical (unpaired) electrons. The van der Waals surface area contributed by atoms with Gasteiger partial charge < -0.3 is 20.0 Å². The van der Waals surface area contributed by atoms with Crippen LogP contribution in [0.3, 0.4) is 0 Å². The molecule has 2 N–H and O–H groups in total. The van der Waals surface area contributed by atoms with Crippen molar-refractivity contribution >= 4 is 35.1 Å². The van der Waals surface area contributed by atoms with Crippen molar-refractivity contribution in [2.45, 2.75) is 63.3 Å². The molecular formula is C35H41Cl2FN8O2. The lowest BCUT2D eigenvalue weighted by molar-refractivity contribution is -0.132. The van der Waals surface area contributed by atoms with Crippen LogP contribution < -0.4 is 5.73 Å². The highest BCUT2D eigenvalue weighted by atomic mass is 35.5. The van der Waals surface area contributed by atoms with Crippen LogP contribution in [0.5, 0.6) is 0 Å². The Labute approximate surface area is 290 Å². The number of halogens is 3. The highest BCUT2D eigenvalue weighted by Crippen LogP contribution is 2.42. The van der Waals surface area contributed by atoms with E-state index >= 15 is 0 Å². The van der Waals surface area contributed by atoms with Gasteiger partial charge in [0.1, 0.15) is 11.6 Å². The van der Waals surface area contributed by atoms with Crippen molar-refractivity contribution in [3.05, 3.63) is 63.6 Å². The van der Waals surface area contributed by atoms with Gasteiger partial charge in [-0.05, 0) is 68.6 Å². The van der Waals surface area contributed by atoms with Crippen molar-refractivity contribution in [2.75, 3.05) is 52.0 Å². The number of likely N-dealkylation sites (tertiary alicyclic amines) is 1. The first-order valence-electron chi connectivity index (χ1n) is 16.9. The topological polar surface area (TPSA) is 110 Å². The van der Waals surface area contributed by atoms with Gasteiger partial charge >= 0.3 is 6.01 Å². The molecule has 2 aromatic heterocycles. The summed E-state index contributed by atoms with van der Waals surface area (Å²) in [5.74, 6) is 0.597. The molecule has 0 unspecified atom stereocenters. The maximum absolute atomic E-state index is 14.5. The molecule has 1 amide bonds. The van der Waals surface area contributed by atoms with Gasteiger partial charge in [0, 0.05) is 61.8 Å². The third-order valence-electron chi connectivity index (χ3n) is 10.2. The molecule has 2 aliphatic heterocycles. The van der Waals surface area contributed by atoms with Crippen molar-refractivity contribution in [3.63, 3.8) is 0 Å². The fourth-order valence-corrected chi connectivity index (χ4v) is 7.89. The molecule has 1 saturated carbocycles. The molecule has 254 valence electrons. The number of carbonyl (C=O) groups excluding carboxylic acids is 1. The van der Waals surface area contributed by atoms with Crippen molar-refractivity contribution in [1.82, 2.24) is 34.4 Å². The number of benzene rings is 2. The molecule has 48 heavy (non-hydrogen) atoms. The first-order valence-corrected chi connectivity index (χ1v) is 17.7. The second kappa shape index (κ2) is 14.2. The average molecular weight is 696 g/mol. The maximum Gasteiger partial charge on any atom is 0.313 e. The summed E-state index contributed by atoms with van der Waals surface area (Å²) in [6.07, 6.45) is 7.34. The van der Waals surface area contributed by atoms with E-state index in [0.717, 1.165) is 101 Å². The lowest BCUT2D eigenvalue weighted by Crippen LogP contribution is -2.53. The highest BCUT2D eigenvalue weighted by Gasteiger charge is 2.32. The van der Waals surface area contributed by atoms with Crippen LogP contribution in [0, 0.1) is 5.82 Å². The Balaban J connectivity index is 1.28. The van der Waals surface area contributed by atoms with Crippen molar-refractivity contribution in [1.29, 1.82) is 0 Å². The number of nitrogens with two attached hydrogens (primary N) is 1. The predicted octanol–water partition coefficient (Wildman–Crippen LogP) is 6.45. The molecular weight excluding hydrogens is 654 g/mol. The number of piperidine rings is 1. The van der Waals surface area contributed by atoms with E-state index in [1.54, 1.807) is 12.1 Å². The molecule has 2 saturated heterocycles. The van der Waals surface area contributed by atoms with E-state index in [1.165, 1.54) is 6.07 Å². The minimum absolute atomic E-state index is 0.0306. The first kappa shape index (κ1) is 33.0. The number of carbonyl (C=O) groups is 1. The van der Waals surface area contributed by atoms with Gasteiger partial charge in [0.2, 0.25) is 5.91 Å². The van der Waals surface area contributed by atoms with Gasteiger partial charge in [-0.1, -0.05) is 53.6 Å². The van der Waals surface area contributed by atoms with Crippen LogP contribution in [0.15, 0.2) is 40.8 Å². The van der Waals surface area contributed by atoms with Crippen molar-refractivity contribution < 1.29 is 13.6 Å². The minimum atomic E-state index is -0.534. The summed E-state index contributed by atoms with van der Waals surface area (Å²) in [6.45, 7) is 5.81. The number of aromatic nitrogens is 4. The molecule has 4 heterocycles. The maximum atomic E-state index is 14.5. The third kappa shape index (κ3) is 6.83. The van der Waals surface area contributed by atoms with Gasteiger partial charge in [0.05, 0.1) is 22.8 Å². The quantitative estimate of drug-likeness (QED) is 0.235. The van der Waals surface area contributed by atoms with E-state index < -0.39 is 5.82 Å². The molecule has 0 atom stereocenters. The van der Waals surface area contributed by atoms with Crippen molar-refractivity contribution in [3.8, 4) is 28.5 Å². The molecule has 13 heteroatoms. The summed E-state index contributed by atoms with van der Waals surface area (Å²) >= 11 is 13.0. The zero-order valence-electron chi connectivity index (χ0n) is 27.2. The number of imidazole rings is 1. The molecule has 10 nitrogen and oxygen atoms in total. The summed E-state index contributed by atoms with van der Waals surface area (Å²) < 4.78 is 22.2. The largest absolute Gasteiger partial charge is 0.402 e. The minimum Gasteiger partial charge on any atom is -0.402 e. The molecule has 0 bridgehead atoms. The summed E-state index contributed by atoms with van der Waals surface area (Å²) in [5, 5.41) is 8.56. The Hall–Kier alpha value is -3.51.